The summed E-state index contributed by atoms with van der Waals surface area (Å²) in [6.07, 6.45) is 1.97. The Kier molecular flexibility index (Phi) is 9.63. The standard InChI is InChI=1S/C27H35FN2O5/c1-5-35-25-18(3)17(2)20(16-23(25)27(32)30-21-8-11-34-12-9-21)14-19-6-7-22(24(28)15-19)26(31)29-10-13-33-4/h6-7,15-16,21H,5,8-14H2,1-4H3,(H,29,31)(H,30,32). The topological polar surface area (TPSA) is 85.9 Å². The number of nitrogens with one attached hydrogen (secondary N) is 2. The van der Waals surface area contributed by atoms with Crippen molar-refractivity contribution in [2.45, 2.75) is 46.1 Å². The van der Waals surface area contributed by atoms with Crippen molar-refractivity contribution in [1.82, 2.24) is 10.6 Å². The lowest BCUT2D eigenvalue weighted by Crippen LogP contribution is -2.39. The lowest BCUT2D eigenvalue weighted by Gasteiger charge is -2.24. The summed E-state index contributed by atoms with van der Waals surface area (Å²) >= 11 is 0. The maximum absolute atomic E-state index is 14.7. The van der Waals surface area contributed by atoms with E-state index in [1.807, 2.05) is 26.8 Å². The number of carbonyl (C=O) groups excluding carboxylic acids is 2. The molecule has 0 radical (unpaired) electrons. The molecule has 1 saturated heterocycles. The first-order valence-corrected chi connectivity index (χ1v) is 12.1. The van der Waals surface area contributed by atoms with E-state index in [0.29, 0.717) is 56.3 Å². The van der Waals surface area contributed by atoms with Crippen molar-refractivity contribution in [2.24, 2.45) is 0 Å². The van der Waals surface area contributed by atoms with Gasteiger partial charge in [0, 0.05) is 32.9 Å². The average molecular weight is 487 g/mol. The van der Waals surface area contributed by atoms with Crippen LogP contribution in [0.15, 0.2) is 24.3 Å². The monoisotopic (exact) mass is 486 g/mol. The fraction of sp³-hybridized carbons (Fsp3) is 0.481. The Bertz CT molecular complexity index is 1050. The molecule has 1 aliphatic heterocycles. The highest BCUT2D eigenvalue weighted by Crippen LogP contribution is 2.31. The van der Waals surface area contributed by atoms with Gasteiger partial charge in [0.05, 0.1) is 24.3 Å². The second kappa shape index (κ2) is 12.7. The number of ether oxygens (including phenoxy) is 3. The Hall–Kier alpha value is -2.97. The molecule has 7 nitrogen and oxygen atoms in total. The number of halogens is 1. The Morgan fingerprint density at radius 2 is 1.83 bits per heavy atom. The van der Waals surface area contributed by atoms with Gasteiger partial charge < -0.3 is 24.8 Å². The van der Waals surface area contributed by atoms with Crippen molar-refractivity contribution in [3.05, 3.63) is 63.5 Å². The summed E-state index contributed by atoms with van der Waals surface area (Å²) in [5, 5.41) is 5.74. The summed E-state index contributed by atoms with van der Waals surface area (Å²) in [4.78, 5) is 25.4. The Morgan fingerprint density at radius 1 is 1.09 bits per heavy atom. The van der Waals surface area contributed by atoms with Crippen LogP contribution in [0, 0.1) is 19.7 Å². The number of hydrogen-bond donors (Lipinski definition) is 2. The van der Waals surface area contributed by atoms with Crippen molar-refractivity contribution in [3.63, 3.8) is 0 Å². The first-order chi connectivity index (χ1) is 16.8. The lowest BCUT2D eigenvalue weighted by atomic mass is 9.92. The predicted molar refractivity (Wildman–Crippen MR) is 132 cm³/mol. The van der Waals surface area contributed by atoms with Crippen molar-refractivity contribution in [2.75, 3.05) is 40.1 Å². The zero-order chi connectivity index (χ0) is 25.4. The van der Waals surface area contributed by atoms with E-state index in [0.717, 1.165) is 29.5 Å². The number of benzene rings is 2. The second-order valence-corrected chi connectivity index (χ2v) is 8.70. The molecule has 2 aromatic rings. The summed E-state index contributed by atoms with van der Waals surface area (Å²) in [6.45, 7) is 8.16. The highest BCUT2D eigenvalue weighted by atomic mass is 19.1. The molecule has 3 rings (SSSR count). The van der Waals surface area contributed by atoms with Crippen molar-refractivity contribution < 1.29 is 28.2 Å². The summed E-state index contributed by atoms with van der Waals surface area (Å²) in [6, 6.07) is 6.50. The summed E-state index contributed by atoms with van der Waals surface area (Å²) in [7, 11) is 1.53. The highest BCUT2D eigenvalue weighted by molar-refractivity contribution is 5.98. The van der Waals surface area contributed by atoms with Gasteiger partial charge >= 0.3 is 0 Å². The van der Waals surface area contributed by atoms with E-state index in [4.69, 9.17) is 14.2 Å². The van der Waals surface area contributed by atoms with Gasteiger partial charge in [0.25, 0.3) is 11.8 Å². The first kappa shape index (κ1) is 26.6. The van der Waals surface area contributed by atoms with E-state index >= 15 is 0 Å². The smallest absolute Gasteiger partial charge is 0.255 e. The van der Waals surface area contributed by atoms with Gasteiger partial charge in [-0.2, -0.15) is 0 Å². The van der Waals surface area contributed by atoms with Gasteiger partial charge in [0.2, 0.25) is 0 Å². The number of hydrogen-bond acceptors (Lipinski definition) is 5. The molecule has 0 bridgehead atoms. The minimum Gasteiger partial charge on any atom is -0.493 e. The third kappa shape index (κ3) is 6.80. The molecule has 0 unspecified atom stereocenters. The molecule has 2 N–H and O–H groups in total. The van der Waals surface area contributed by atoms with Gasteiger partial charge in [-0.25, -0.2) is 4.39 Å². The SMILES string of the molecule is CCOc1c(C(=O)NC2CCOCC2)cc(Cc2ccc(C(=O)NCCOC)c(F)c2)c(C)c1C. The molecule has 0 aliphatic carbocycles. The van der Waals surface area contributed by atoms with Gasteiger partial charge in [0.15, 0.2) is 0 Å². The van der Waals surface area contributed by atoms with Crippen molar-refractivity contribution in [3.8, 4) is 5.75 Å². The number of carbonyl (C=O) groups is 2. The molecule has 0 aromatic heterocycles. The fourth-order valence-electron chi connectivity index (χ4n) is 4.18. The number of rotatable bonds is 10. The lowest BCUT2D eigenvalue weighted by molar-refractivity contribution is 0.0694. The first-order valence-electron chi connectivity index (χ1n) is 12.1. The van der Waals surface area contributed by atoms with Crippen LogP contribution in [-0.4, -0.2) is 57.9 Å². The largest absolute Gasteiger partial charge is 0.493 e. The zero-order valence-electron chi connectivity index (χ0n) is 21.0. The number of methoxy groups -OCH3 is 1. The summed E-state index contributed by atoms with van der Waals surface area (Å²) in [5.74, 6) is -0.673. The van der Waals surface area contributed by atoms with Gasteiger partial charge in [0.1, 0.15) is 11.6 Å². The van der Waals surface area contributed by atoms with E-state index in [2.05, 4.69) is 10.6 Å². The van der Waals surface area contributed by atoms with Crippen LogP contribution in [0.5, 0.6) is 5.75 Å². The van der Waals surface area contributed by atoms with Crippen LogP contribution in [0.2, 0.25) is 0 Å². The van der Waals surface area contributed by atoms with E-state index < -0.39 is 11.7 Å². The van der Waals surface area contributed by atoms with Crippen LogP contribution >= 0.6 is 0 Å². The zero-order valence-corrected chi connectivity index (χ0v) is 21.0. The molecule has 1 heterocycles. The molecule has 1 fully saturated rings. The maximum Gasteiger partial charge on any atom is 0.255 e. The normalized spacial score (nSPS) is 14.0. The van der Waals surface area contributed by atoms with Crippen LogP contribution in [0.3, 0.4) is 0 Å². The number of amides is 2. The van der Waals surface area contributed by atoms with Crippen LogP contribution < -0.4 is 15.4 Å². The fourth-order valence-corrected chi connectivity index (χ4v) is 4.18. The van der Waals surface area contributed by atoms with Crippen molar-refractivity contribution in [1.29, 1.82) is 0 Å². The van der Waals surface area contributed by atoms with E-state index in [1.54, 1.807) is 6.07 Å². The predicted octanol–water partition coefficient (Wildman–Crippen LogP) is 3.72. The molecule has 35 heavy (non-hydrogen) atoms. The van der Waals surface area contributed by atoms with Crippen LogP contribution in [0.4, 0.5) is 4.39 Å². The van der Waals surface area contributed by atoms with Crippen LogP contribution in [-0.2, 0) is 15.9 Å². The third-order valence-corrected chi connectivity index (χ3v) is 6.30. The second-order valence-electron chi connectivity index (χ2n) is 8.70. The minimum atomic E-state index is -0.588. The Balaban J connectivity index is 1.85. The van der Waals surface area contributed by atoms with Gasteiger partial charge in [-0.15, -0.1) is 0 Å². The van der Waals surface area contributed by atoms with E-state index in [1.165, 1.54) is 19.2 Å². The van der Waals surface area contributed by atoms with Crippen LogP contribution in [0.1, 0.15) is 62.7 Å². The molecule has 0 saturated carbocycles. The van der Waals surface area contributed by atoms with Gasteiger partial charge in [-0.1, -0.05) is 6.07 Å². The Morgan fingerprint density at radius 3 is 2.49 bits per heavy atom. The third-order valence-electron chi connectivity index (χ3n) is 6.30. The quantitative estimate of drug-likeness (QED) is 0.500. The van der Waals surface area contributed by atoms with Crippen molar-refractivity contribution >= 4 is 11.8 Å². The average Bonchev–Trinajstić information content (AvgIpc) is 2.84. The van der Waals surface area contributed by atoms with Crippen LogP contribution in [0.25, 0.3) is 0 Å². The molecular weight excluding hydrogens is 451 g/mol. The van der Waals surface area contributed by atoms with Gasteiger partial charge in [-0.3, -0.25) is 9.59 Å². The molecule has 8 heteroatoms. The molecule has 0 atom stereocenters. The molecular formula is C27H35FN2O5. The van der Waals surface area contributed by atoms with Gasteiger partial charge in [-0.05, 0) is 80.5 Å². The molecule has 1 aliphatic rings. The summed E-state index contributed by atoms with van der Waals surface area (Å²) in [5.41, 5.74) is 3.94. The van der Waals surface area contributed by atoms with E-state index in [9.17, 15) is 14.0 Å². The molecule has 0 spiro atoms. The molecule has 2 aromatic carbocycles. The minimum absolute atomic E-state index is 0.0130. The molecule has 2 amide bonds. The van der Waals surface area contributed by atoms with E-state index in [-0.39, 0.29) is 17.5 Å². The summed E-state index contributed by atoms with van der Waals surface area (Å²) < 4.78 is 30.9. The Labute approximate surface area is 206 Å². The highest BCUT2D eigenvalue weighted by Gasteiger charge is 2.23. The molecule has 190 valence electrons. The maximum atomic E-state index is 14.7.